The predicted octanol–water partition coefficient (Wildman–Crippen LogP) is 2.57. The van der Waals surface area contributed by atoms with Crippen LogP contribution in [0.5, 0.6) is 17.4 Å². The Balaban J connectivity index is 2.05. The molecule has 0 bridgehead atoms. The first kappa shape index (κ1) is 23.8. The first-order valence-corrected chi connectivity index (χ1v) is 11.4. The molecule has 12 nitrogen and oxygen atoms in total. The van der Waals surface area contributed by atoms with E-state index in [9.17, 15) is 4.21 Å². The molecule has 4 aromatic heterocycles. The number of ether oxygens (including phenoxy) is 3. The fourth-order valence-electron chi connectivity index (χ4n) is 3.24. The minimum Gasteiger partial charge on any atom is -0.493 e. The zero-order chi connectivity index (χ0) is 24.2. The molecule has 1 atom stereocenters. The van der Waals surface area contributed by atoms with Gasteiger partial charge in [0.05, 0.1) is 45.5 Å². The molecule has 0 radical (unpaired) electrons. The number of aromatic nitrogens is 6. The molecule has 0 fully saturated rings. The molecule has 0 aliphatic rings. The predicted molar refractivity (Wildman–Crippen MR) is 125 cm³/mol. The maximum absolute atomic E-state index is 11.1. The highest BCUT2D eigenvalue weighted by Gasteiger charge is 2.25. The lowest BCUT2D eigenvalue weighted by atomic mass is 10.3. The number of nitrogens with one attached hydrogen (secondary N) is 1. The molecule has 4 aromatic rings. The lowest BCUT2D eigenvalue weighted by molar-refractivity contribution is 0.327. The van der Waals surface area contributed by atoms with Crippen LogP contribution in [0.15, 0.2) is 30.6 Å². The lowest BCUT2D eigenvalue weighted by Crippen LogP contribution is -2.17. The van der Waals surface area contributed by atoms with Crippen LogP contribution in [0.2, 0.25) is 5.15 Å². The maximum atomic E-state index is 11.1. The molecule has 14 heteroatoms. The number of rotatable bonds is 9. The minimum atomic E-state index is -2.26. The summed E-state index contributed by atoms with van der Waals surface area (Å²) < 4.78 is 40.9. The van der Waals surface area contributed by atoms with Crippen LogP contribution in [0.3, 0.4) is 0 Å². The van der Waals surface area contributed by atoms with Gasteiger partial charge in [-0.3, -0.25) is 14.1 Å². The van der Waals surface area contributed by atoms with Gasteiger partial charge in [0.1, 0.15) is 11.4 Å². The van der Waals surface area contributed by atoms with Crippen LogP contribution in [-0.4, -0.2) is 59.1 Å². The zero-order valence-corrected chi connectivity index (χ0v) is 19.9. The SMILES string of the molecule is CCOc1cccc(-c2nc3nc(Cl)c(CNS(=O)O)nc3n2-c2c(OC)cncc2OC)n1. The molecule has 1 unspecified atom stereocenters. The molecule has 0 aromatic carbocycles. The Morgan fingerprint density at radius 2 is 1.85 bits per heavy atom. The summed E-state index contributed by atoms with van der Waals surface area (Å²) in [4.78, 5) is 22.3. The molecule has 0 amide bonds. The molecule has 0 spiro atoms. The average molecular weight is 506 g/mol. The standard InChI is InChI=1S/C20H20ClN7O5S/c1-4-33-15-7-5-6-11(24-15)19-27-18-20(25-12(17(21)26-18)8-23-34(29)30)28(19)16-13(31-2)9-22-10-14(16)32-3/h5-7,9-10,23H,4,8H2,1-3H3,(H,29,30). The third-order valence-electron chi connectivity index (χ3n) is 4.64. The van der Waals surface area contributed by atoms with Gasteiger partial charge in [0.25, 0.3) is 0 Å². The third-order valence-corrected chi connectivity index (χ3v) is 5.33. The van der Waals surface area contributed by atoms with Crippen molar-refractivity contribution in [3.63, 3.8) is 0 Å². The van der Waals surface area contributed by atoms with Crippen LogP contribution < -0.4 is 18.9 Å². The highest BCUT2D eigenvalue weighted by Crippen LogP contribution is 2.37. The smallest absolute Gasteiger partial charge is 0.232 e. The molecular formula is C20H20ClN7O5S. The molecule has 4 rings (SSSR count). The van der Waals surface area contributed by atoms with Crippen molar-refractivity contribution in [1.29, 1.82) is 0 Å². The van der Waals surface area contributed by atoms with Crippen LogP contribution in [0.4, 0.5) is 0 Å². The van der Waals surface area contributed by atoms with E-state index in [1.807, 2.05) is 6.92 Å². The third kappa shape index (κ3) is 4.63. The largest absolute Gasteiger partial charge is 0.493 e. The number of hydrogen-bond acceptors (Lipinski definition) is 9. The van der Waals surface area contributed by atoms with Crippen molar-refractivity contribution in [3.05, 3.63) is 41.4 Å². The van der Waals surface area contributed by atoms with Crippen molar-refractivity contribution in [3.8, 4) is 34.6 Å². The van der Waals surface area contributed by atoms with Crippen molar-refractivity contribution in [1.82, 2.24) is 34.2 Å². The van der Waals surface area contributed by atoms with E-state index in [1.54, 1.807) is 22.8 Å². The first-order valence-electron chi connectivity index (χ1n) is 9.92. The second-order valence-corrected chi connectivity index (χ2v) is 7.78. The van der Waals surface area contributed by atoms with Gasteiger partial charge < -0.3 is 14.2 Å². The monoisotopic (exact) mass is 505 g/mol. The van der Waals surface area contributed by atoms with Gasteiger partial charge in [0.15, 0.2) is 33.8 Å². The molecule has 0 aliphatic heterocycles. The van der Waals surface area contributed by atoms with Crippen LogP contribution >= 0.6 is 11.6 Å². The lowest BCUT2D eigenvalue weighted by Gasteiger charge is -2.16. The summed E-state index contributed by atoms with van der Waals surface area (Å²) in [6.45, 7) is 2.20. The average Bonchev–Trinajstić information content (AvgIpc) is 3.19. The van der Waals surface area contributed by atoms with E-state index in [2.05, 4.69) is 29.6 Å². The van der Waals surface area contributed by atoms with Gasteiger partial charge in [-0.2, -0.15) is 0 Å². The molecule has 34 heavy (non-hydrogen) atoms. The quantitative estimate of drug-likeness (QED) is 0.325. The second kappa shape index (κ2) is 10.3. The highest BCUT2D eigenvalue weighted by atomic mass is 35.5. The van der Waals surface area contributed by atoms with Gasteiger partial charge in [-0.05, 0) is 13.0 Å². The zero-order valence-electron chi connectivity index (χ0n) is 18.4. The number of fused-ring (bicyclic) bond motifs is 1. The molecule has 4 heterocycles. The Morgan fingerprint density at radius 3 is 2.50 bits per heavy atom. The Morgan fingerprint density at radius 1 is 1.12 bits per heavy atom. The Bertz CT molecular complexity index is 1340. The number of halogens is 1. The molecule has 2 N–H and O–H groups in total. The highest BCUT2D eigenvalue weighted by molar-refractivity contribution is 7.77. The van der Waals surface area contributed by atoms with E-state index in [4.69, 9.17) is 30.4 Å². The summed E-state index contributed by atoms with van der Waals surface area (Å²) in [7, 11) is 3.00. The van der Waals surface area contributed by atoms with Gasteiger partial charge >= 0.3 is 0 Å². The summed E-state index contributed by atoms with van der Waals surface area (Å²) in [5.74, 6) is 1.55. The summed E-state index contributed by atoms with van der Waals surface area (Å²) in [6, 6.07) is 5.29. The topological polar surface area (TPSA) is 146 Å². The van der Waals surface area contributed by atoms with E-state index in [-0.39, 0.29) is 23.0 Å². The first-order chi connectivity index (χ1) is 16.5. The van der Waals surface area contributed by atoms with Crippen molar-refractivity contribution in [2.75, 3.05) is 20.8 Å². The number of pyridine rings is 2. The molecule has 0 aliphatic carbocycles. The Labute approximate surface area is 201 Å². The van der Waals surface area contributed by atoms with Crippen molar-refractivity contribution in [2.24, 2.45) is 0 Å². The van der Waals surface area contributed by atoms with Crippen LogP contribution in [0, 0.1) is 0 Å². The van der Waals surface area contributed by atoms with Crippen molar-refractivity contribution >= 4 is 34.2 Å². The van der Waals surface area contributed by atoms with Crippen molar-refractivity contribution < 1.29 is 23.0 Å². The number of methoxy groups -OCH3 is 2. The fraction of sp³-hybridized carbons (Fsp3) is 0.250. The van der Waals surface area contributed by atoms with Gasteiger partial charge in [0, 0.05) is 6.07 Å². The number of hydrogen-bond donors (Lipinski definition) is 2. The van der Waals surface area contributed by atoms with Crippen LogP contribution in [0.1, 0.15) is 12.6 Å². The Hall–Kier alpha value is -3.39. The summed E-state index contributed by atoms with van der Waals surface area (Å²) in [5.41, 5.74) is 1.69. The Kier molecular flexibility index (Phi) is 7.17. The molecule has 0 saturated heterocycles. The normalized spacial score (nSPS) is 12.0. The number of imidazole rings is 1. The minimum absolute atomic E-state index is 0.0336. The van der Waals surface area contributed by atoms with E-state index in [0.717, 1.165) is 0 Å². The van der Waals surface area contributed by atoms with Gasteiger partial charge in [-0.1, -0.05) is 17.7 Å². The fourth-order valence-corrected chi connectivity index (χ4v) is 3.69. The molecule has 178 valence electrons. The number of nitrogens with zero attached hydrogens (tertiary/aromatic N) is 6. The van der Waals surface area contributed by atoms with Gasteiger partial charge in [-0.15, -0.1) is 0 Å². The summed E-state index contributed by atoms with van der Waals surface area (Å²) in [5, 5.41) is 0.0336. The van der Waals surface area contributed by atoms with E-state index >= 15 is 0 Å². The van der Waals surface area contributed by atoms with E-state index < -0.39 is 11.3 Å². The molecule has 0 saturated carbocycles. The van der Waals surface area contributed by atoms with Crippen molar-refractivity contribution in [2.45, 2.75) is 13.5 Å². The summed E-state index contributed by atoms with van der Waals surface area (Å²) >= 11 is 4.03. The van der Waals surface area contributed by atoms with Crippen LogP contribution in [0.25, 0.3) is 28.5 Å². The van der Waals surface area contributed by atoms with Crippen LogP contribution in [-0.2, 0) is 17.8 Å². The summed E-state index contributed by atoms with van der Waals surface area (Å²) in [6.07, 6.45) is 3.05. The maximum Gasteiger partial charge on any atom is 0.232 e. The molecular weight excluding hydrogens is 486 g/mol. The van der Waals surface area contributed by atoms with Gasteiger partial charge in [-0.25, -0.2) is 28.9 Å². The van der Waals surface area contributed by atoms with E-state index in [1.165, 1.54) is 26.6 Å². The van der Waals surface area contributed by atoms with E-state index in [0.29, 0.717) is 46.8 Å². The second-order valence-electron chi connectivity index (χ2n) is 6.64. The van der Waals surface area contributed by atoms with Gasteiger partial charge in [0.2, 0.25) is 17.1 Å².